The van der Waals surface area contributed by atoms with Crippen LogP contribution in [0.1, 0.15) is 5.69 Å². The lowest BCUT2D eigenvalue weighted by atomic mass is 10.3. The van der Waals surface area contributed by atoms with Crippen molar-refractivity contribution >= 4 is 5.82 Å². The molecule has 1 heterocycles. The van der Waals surface area contributed by atoms with Crippen LogP contribution in [0.2, 0.25) is 0 Å². The van der Waals surface area contributed by atoms with Gasteiger partial charge in [-0.25, -0.2) is 0 Å². The first-order valence-corrected chi connectivity index (χ1v) is 3.24. The number of pyridine rings is 1. The second kappa shape index (κ2) is 3.13. The number of aromatic hydroxyl groups is 1. The van der Waals surface area contributed by atoms with Crippen LogP contribution in [-0.2, 0) is 6.18 Å². The number of alkyl halides is 3. The second-order valence-corrected chi connectivity index (χ2v) is 2.29. The third kappa shape index (κ3) is 1.90. The number of halogens is 3. The summed E-state index contributed by atoms with van der Waals surface area (Å²) in [5.41, 5.74) is -1.41. The molecule has 0 radical (unpaired) electrons. The minimum Gasteiger partial charge on any atom is -0.501 e. The van der Waals surface area contributed by atoms with Crippen LogP contribution in [0.5, 0.6) is 5.75 Å². The summed E-state index contributed by atoms with van der Waals surface area (Å²) in [6, 6.07) is 1.04. The van der Waals surface area contributed by atoms with E-state index in [-0.39, 0.29) is 0 Å². The zero-order chi connectivity index (χ0) is 10.9. The Labute approximate surface area is 75.0 Å². The quantitative estimate of drug-likeness (QED) is 0.563. The van der Waals surface area contributed by atoms with Crippen molar-refractivity contribution in [3.05, 3.63) is 27.9 Å². The van der Waals surface area contributed by atoms with Crippen molar-refractivity contribution in [1.29, 1.82) is 0 Å². The van der Waals surface area contributed by atoms with Crippen molar-refractivity contribution in [1.82, 2.24) is 4.98 Å². The second-order valence-electron chi connectivity index (χ2n) is 2.29. The number of nitro groups is 1. The molecule has 0 spiro atoms. The van der Waals surface area contributed by atoms with Gasteiger partial charge in [0.1, 0.15) is 0 Å². The zero-order valence-electron chi connectivity index (χ0n) is 6.45. The number of hydrogen-bond acceptors (Lipinski definition) is 4. The first kappa shape index (κ1) is 10.2. The van der Waals surface area contributed by atoms with Gasteiger partial charge in [-0.05, 0) is 22.0 Å². The van der Waals surface area contributed by atoms with E-state index in [0.717, 1.165) is 0 Å². The Balaban J connectivity index is 3.27. The van der Waals surface area contributed by atoms with E-state index in [0.29, 0.717) is 12.1 Å². The number of rotatable bonds is 1. The molecule has 0 aromatic carbocycles. The summed E-state index contributed by atoms with van der Waals surface area (Å²) < 4.78 is 36.0. The number of nitrogens with zero attached hydrogens (tertiary/aromatic N) is 2. The zero-order valence-corrected chi connectivity index (χ0v) is 6.45. The van der Waals surface area contributed by atoms with Crippen molar-refractivity contribution in [3.63, 3.8) is 0 Å². The topological polar surface area (TPSA) is 76.3 Å². The van der Waals surface area contributed by atoms with Crippen LogP contribution in [0.25, 0.3) is 0 Å². The predicted octanol–water partition coefficient (Wildman–Crippen LogP) is 1.71. The van der Waals surface area contributed by atoms with Gasteiger partial charge in [-0.3, -0.25) is 0 Å². The van der Waals surface area contributed by atoms with Gasteiger partial charge in [0.25, 0.3) is 5.69 Å². The van der Waals surface area contributed by atoms with Gasteiger partial charge in [-0.1, -0.05) is 0 Å². The Hall–Kier alpha value is -1.86. The summed E-state index contributed by atoms with van der Waals surface area (Å²) >= 11 is 0. The van der Waals surface area contributed by atoms with Gasteiger partial charge in [-0.15, -0.1) is 0 Å². The molecule has 0 saturated heterocycles. The molecule has 0 aliphatic heterocycles. The van der Waals surface area contributed by atoms with Crippen molar-refractivity contribution in [2.75, 3.05) is 0 Å². The van der Waals surface area contributed by atoms with Gasteiger partial charge >= 0.3 is 12.0 Å². The minimum atomic E-state index is -4.77. The van der Waals surface area contributed by atoms with Crippen LogP contribution in [0, 0.1) is 10.1 Å². The van der Waals surface area contributed by atoms with Crippen LogP contribution >= 0.6 is 0 Å². The summed E-state index contributed by atoms with van der Waals surface area (Å²) in [7, 11) is 0. The molecule has 0 saturated carbocycles. The normalized spacial score (nSPS) is 11.4. The van der Waals surface area contributed by atoms with Gasteiger partial charge in [-0.2, -0.15) is 13.2 Å². The van der Waals surface area contributed by atoms with E-state index < -0.39 is 28.4 Å². The average Bonchev–Trinajstić information content (AvgIpc) is 2.02. The predicted molar refractivity (Wildman–Crippen MR) is 37.6 cm³/mol. The molecule has 0 aliphatic carbocycles. The van der Waals surface area contributed by atoms with Gasteiger partial charge in [0.15, 0.2) is 0 Å². The van der Waals surface area contributed by atoms with Crippen LogP contribution in [0.4, 0.5) is 19.0 Å². The van der Waals surface area contributed by atoms with Crippen molar-refractivity contribution in [2.45, 2.75) is 6.18 Å². The first-order valence-electron chi connectivity index (χ1n) is 3.24. The average molecular weight is 208 g/mol. The Bertz CT molecular complexity index is 377. The fourth-order valence-corrected chi connectivity index (χ4v) is 0.733. The van der Waals surface area contributed by atoms with Crippen LogP contribution in [0.15, 0.2) is 12.1 Å². The molecule has 14 heavy (non-hydrogen) atoms. The molecule has 0 atom stereocenters. The van der Waals surface area contributed by atoms with Crippen molar-refractivity contribution in [3.8, 4) is 5.75 Å². The fraction of sp³-hybridized carbons (Fsp3) is 0.167. The lowest BCUT2D eigenvalue weighted by Crippen LogP contribution is -2.09. The smallest absolute Gasteiger partial charge is 0.457 e. The first-order chi connectivity index (χ1) is 6.32. The Morgan fingerprint density at radius 3 is 2.43 bits per heavy atom. The molecule has 1 N–H and O–H groups in total. The molecule has 0 fully saturated rings. The van der Waals surface area contributed by atoms with Gasteiger partial charge < -0.3 is 15.2 Å². The number of aromatic nitrogens is 1. The molecule has 1 aromatic rings. The Morgan fingerprint density at radius 1 is 1.43 bits per heavy atom. The van der Waals surface area contributed by atoms with E-state index >= 15 is 0 Å². The Morgan fingerprint density at radius 2 is 2.00 bits per heavy atom. The molecule has 0 bridgehead atoms. The third-order valence-corrected chi connectivity index (χ3v) is 1.32. The van der Waals surface area contributed by atoms with E-state index in [2.05, 4.69) is 4.98 Å². The van der Waals surface area contributed by atoms with E-state index in [1.54, 1.807) is 0 Å². The molecule has 1 rings (SSSR count). The van der Waals surface area contributed by atoms with Gasteiger partial charge in [0.2, 0.25) is 5.75 Å². The van der Waals surface area contributed by atoms with E-state index in [9.17, 15) is 23.3 Å². The molecule has 5 nitrogen and oxygen atoms in total. The molecule has 0 unspecified atom stereocenters. The lowest BCUT2D eigenvalue weighted by Gasteiger charge is -2.01. The highest BCUT2D eigenvalue weighted by Gasteiger charge is 2.38. The van der Waals surface area contributed by atoms with Crippen LogP contribution < -0.4 is 0 Å². The molecule has 0 aliphatic rings. The largest absolute Gasteiger partial charge is 0.501 e. The minimum absolute atomic E-state index is 0.461. The highest BCUT2D eigenvalue weighted by Crippen LogP contribution is 2.32. The molecule has 76 valence electrons. The molecule has 0 amide bonds. The van der Waals surface area contributed by atoms with Gasteiger partial charge in [0.05, 0.1) is 0 Å². The van der Waals surface area contributed by atoms with Crippen LogP contribution in [0.3, 0.4) is 0 Å². The van der Waals surface area contributed by atoms with Gasteiger partial charge in [0, 0.05) is 0 Å². The van der Waals surface area contributed by atoms with Crippen molar-refractivity contribution in [2.24, 2.45) is 0 Å². The van der Waals surface area contributed by atoms with E-state index in [4.69, 9.17) is 5.11 Å². The van der Waals surface area contributed by atoms with Crippen LogP contribution in [-0.4, -0.2) is 15.0 Å². The van der Waals surface area contributed by atoms with Crippen molar-refractivity contribution < 1.29 is 23.2 Å². The highest BCUT2D eigenvalue weighted by atomic mass is 19.4. The summed E-state index contributed by atoms with van der Waals surface area (Å²) in [6.07, 6.45) is -4.77. The molecule has 8 heteroatoms. The SMILES string of the molecule is O=[N+]([O-])c1nc(C(F)(F)F)ccc1O. The Kier molecular flexibility index (Phi) is 2.28. The van der Waals surface area contributed by atoms with E-state index in [1.807, 2.05) is 0 Å². The summed E-state index contributed by atoms with van der Waals surface area (Å²) in [4.78, 5) is 11.6. The monoisotopic (exact) mass is 208 g/mol. The maximum atomic E-state index is 12.0. The summed E-state index contributed by atoms with van der Waals surface area (Å²) in [6.45, 7) is 0. The standard InChI is InChI=1S/C6H3F3N2O3/c7-6(8,9)4-2-1-3(12)5(10-4)11(13)14/h1-2,12H. The molecule has 1 aromatic heterocycles. The lowest BCUT2D eigenvalue weighted by molar-refractivity contribution is -0.391. The fourth-order valence-electron chi connectivity index (χ4n) is 0.733. The van der Waals surface area contributed by atoms with E-state index in [1.165, 1.54) is 0 Å². The summed E-state index contributed by atoms with van der Waals surface area (Å²) in [5, 5.41) is 18.9. The number of hydrogen-bond donors (Lipinski definition) is 1. The molecular weight excluding hydrogens is 205 g/mol. The third-order valence-electron chi connectivity index (χ3n) is 1.32. The molecular formula is C6H3F3N2O3. The maximum absolute atomic E-state index is 12.0. The summed E-state index contributed by atoms with van der Waals surface area (Å²) in [5.74, 6) is -2.11. The highest BCUT2D eigenvalue weighted by molar-refractivity contribution is 5.39. The maximum Gasteiger partial charge on any atom is 0.457 e.